The van der Waals surface area contributed by atoms with E-state index in [0.717, 1.165) is 18.5 Å². The van der Waals surface area contributed by atoms with Gasteiger partial charge < -0.3 is 10.1 Å². The molecule has 0 saturated carbocycles. The van der Waals surface area contributed by atoms with E-state index in [1.165, 1.54) is 12.1 Å². The quantitative estimate of drug-likeness (QED) is 0.856. The molecule has 0 heterocycles. The van der Waals surface area contributed by atoms with Crippen LogP contribution in [0, 0.1) is 5.82 Å². The zero-order chi connectivity index (χ0) is 13.5. The molecule has 1 unspecified atom stereocenters. The van der Waals surface area contributed by atoms with E-state index in [1.54, 1.807) is 12.1 Å². The number of hydrogen-bond donors (Lipinski definition) is 1. The average Bonchev–Trinajstić information content (AvgIpc) is 2.44. The lowest BCUT2D eigenvalue weighted by molar-refractivity contribution is 0.194. The van der Waals surface area contributed by atoms with Gasteiger partial charge in [0.05, 0.1) is 0 Å². The monoisotopic (exact) mass is 259 g/mol. The van der Waals surface area contributed by atoms with Crippen molar-refractivity contribution in [1.82, 2.24) is 5.32 Å². The van der Waals surface area contributed by atoms with Gasteiger partial charge in [-0.25, -0.2) is 4.39 Å². The summed E-state index contributed by atoms with van der Waals surface area (Å²) in [6, 6.07) is 16.3. The van der Waals surface area contributed by atoms with Crippen LogP contribution in [-0.4, -0.2) is 13.6 Å². The summed E-state index contributed by atoms with van der Waals surface area (Å²) < 4.78 is 19.1. The third-order valence-electron chi connectivity index (χ3n) is 2.90. The van der Waals surface area contributed by atoms with E-state index < -0.39 is 0 Å². The predicted octanol–water partition coefficient (Wildman–Crippen LogP) is 3.56. The first kappa shape index (κ1) is 13.6. The summed E-state index contributed by atoms with van der Waals surface area (Å²) in [7, 11) is 1.91. The average molecular weight is 259 g/mol. The highest BCUT2D eigenvalue weighted by atomic mass is 19.1. The number of hydrogen-bond acceptors (Lipinski definition) is 2. The van der Waals surface area contributed by atoms with E-state index in [2.05, 4.69) is 5.32 Å². The second-order valence-corrected chi connectivity index (χ2v) is 4.37. The second-order valence-electron chi connectivity index (χ2n) is 4.37. The van der Waals surface area contributed by atoms with Gasteiger partial charge in [-0.15, -0.1) is 0 Å². The molecule has 100 valence electrons. The second kappa shape index (κ2) is 6.90. The van der Waals surface area contributed by atoms with Crippen LogP contribution in [-0.2, 0) is 0 Å². The molecule has 0 amide bonds. The molecule has 0 aliphatic rings. The first-order valence-electron chi connectivity index (χ1n) is 6.41. The van der Waals surface area contributed by atoms with Gasteiger partial charge in [0.15, 0.2) is 0 Å². The Morgan fingerprint density at radius 1 is 1.11 bits per heavy atom. The molecule has 0 radical (unpaired) electrons. The molecule has 0 aliphatic carbocycles. The molecular weight excluding hydrogens is 241 g/mol. The molecule has 0 spiro atoms. The molecule has 1 atom stereocenters. The molecule has 2 aromatic rings. The maximum atomic E-state index is 13.2. The smallest absolute Gasteiger partial charge is 0.126 e. The topological polar surface area (TPSA) is 21.3 Å². The number of rotatable bonds is 6. The Balaban J connectivity index is 2.14. The molecule has 0 saturated heterocycles. The van der Waals surface area contributed by atoms with Crippen LogP contribution in [0.5, 0.6) is 5.75 Å². The molecule has 2 aromatic carbocycles. The number of halogens is 1. The van der Waals surface area contributed by atoms with E-state index in [4.69, 9.17) is 4.74 Å². The first-order valence-corrected chi connectivity index (χ1v) is 6.41. The molecule has 0 aromatic heterocycles. The van der Waals surface area contributed by atoms with Gasteiger partial charge in [0, 0.05) is 12.5 Å². The lowest BCUT2D eigenvalue weighted by Gasteiger charge is -2.19. The van der Waals surface area contributed by atoms with Crippen LogP contribution in [0.25, 0.3) is 0 Å². The Morgan fingerprint density at radius 3 is 2.58 bits per heavy atom. The normalized spacial score (nSPS) is 12.1. The highest BCUT2D eigenvalue weighted by Gasteiger charge is 2.12. The zero-order valence-corrected chi connectivity index (χ0v) is 11.0. The molecule has 0 bridgehead atoms. The van der Waals surface area contributed by atoms with Crippen molar-refractivity contribution in [3.05, 3.63) is 66.0 Å². The summed E-state index contributed by atoms with van der Waals surface area (Å²) in [5, 5.41) is 3.11. The van der Waals surface area contributed by atoms with E-state index in [0.29, 0.717) is 5.75 Å². The first-order chi connectivity index (χ1) is 9.29. The lowest BCUT2D eigenvalue weighted by atomic mass is 10.1. The van der Waals surface area contributed by atoms with Crippen molar-refractivity contribution in [2.24, 2.45) is 0 Å². The fourth-order valence-corrected chi connectivity index (χ4v) is 1.94. The number of nitrogens with one attached hydrogen (secondary N) is 1. The maximum absolute atomic E-state index is 13.2. The van der Waals surface area contributed by atoms with Gasteiger partial charge in [0.2, 0.25) is 0 Å². The highest BCUT2D eigenvalue weighted by Crippen LogP contribution is 2.24. The Labute approximate surface area is 113 Å². The number of benzene rings is 2. The summed E-state index contributed by atoms with van der Waals surface area (Å²) in [4.78, 5) is 0. The molecular formula is C16H18FNO. The summed E-state index contributed by atoms with van der Waals surface area (Å²) >= 11 is 0. The van der Waals surface area contributed by atoms with E-state index >= 15 is 0 Å². The highest BCUT2D eigenvalue weighted by molar-refractivity contribution is 5.25. The van der Waals surface area contributed by atoms with Crippen molar-refractivity contribution >= 4 is 0 Å². The lowest BCUT2D eigenvalue weighted by Crippen LogP contribution is -2.16. The third kappa shape index (κ3) is 4.07. The van der Waals surface area contributed by atoms with Crippen molar-refractivity contribution < 1.29 is 9.13 Å². The van der Waals surface area contributed by atoms with Crippen LogP contribution in [0.2, 0.25) is 0 Å². The summed E-state index contributed by atoms with van der Waals surface area (Å²) in [5.41, 5.74) is 1.10. The van der Waals surface area contributed by atoms with Crippen LogP contribution in [0.3, 0.4) is 0 Å². The standard InChI is InChI=1S/C16H18FNO/c1-18-11-10-16(13-6-3-2-4-7-13)19-15-9-5-8-14(17)12-15/h2-9,12,16,18H,10-11H2,1H3. The van der Waals surface area contributed by atoms with Crippen LogP contribution >= 0.6 is 0 Å². The SMILES string of the molecule is CNCCC(Oc1cccc(F)c1)c1ccccc1. The van der Waals surface area contributed by atoms with Crippen molar-refractivity contribution in [2.75, 3.05) is 13.6 Å². The summed E-state index contributed by atoms with van der Waals surface area (Å²) in [6.45, 7) is 0.842. The zero-order valence-electron chi connectivity index (χ0n) is 11.0. The Bertz CT molecular complexity index is 501. The Kier molecular flexibility index (Phi) is 4.93. The largest absolute Gasteiger partial charge is 0.486 e. The Morgan fingerprint density at radius 2 is 1.89 bits per heavy atom. The molecule has 2 nitrogen and oxygen atoms in total. The summed E-state index contributed by atoms with van der Waals surface area (Å²) in [5.74, 6) is 0.280. The van der Waals surface area contributed by atoms with E-state index in [-0.39, 0.29) is 11.9 Å². The van der Waals surface area contributed by atoms with Crippen LogP contribution in [0.4, 0.5) is 4.39 Å². The fourth-order valence-electron chi connectivity index (χ4n) is 1.94. The minimum absolute atomic E-state index is 0.0737. The molecule has 0 aliphatic heterocycles. The summed E-state index contributed by atoms with van der Waals surface area (Å²) in [6.07, 6.45) is 0.757. The minimum Gasteiger partial charge on any atom is -0.486 e. The van der Waals surface area contributed by atoms with Crippen molar-refractivity contribution in [3.63, 3.8) is 0 Å². The van der Waals surface area contributed by atoms with Gasteiger partial charge in [0.1, 0.15) is 17.7 Å². The van der Waals surface area contributed by atoms with Crippen molar-refractivity contribution in [1.29, 1.82) is 0 Å². The predicted molar refractivity (Wildman–Crippen MR) is 74.8 cm³/mol. The third-order valence-corrected chi connectivity index (χ3v) is 2.90. The van der Waals surface area contributed by atoms with Gasteiger partial charge in [0.25, 0.3) is 0 Å². The number of ether oxygens (including phenoxy) is 1. The van der Waals surface area contributed by atoms with Crippen molar-refractivity contribution in [2.45, 2.75) is 12.5 Å². The van der Waals surface area contributed by atoms with Crippen LogP contribution in [0.15, 0.2) is 54.6 Å². The molecule has 1 N–H and O–H groups in total. The van der Waals surface area contributed by atoms with Crippen LogP contribution < -0.4 is 10.1 Å². The van der Waals surface area contributed by atoms with Gasteiger partial charge in [-0.2, -0.15) is 0 Å². The van der Waals surface area contributed by atoms with E-state index in [1.807, 2.05) is 37.4 Å². The molecule has 19 heavy (non-hydrogen) atoms. The van der Waals surface area contributed by atoms with Crippen LogP contribution in [0.1, 0.15) is 18.1 Å². The van der Waals surface area contributed by atoms with Gasteiger partial charge >= 0.3 is 0 Å². The maximum Gasteiger partial charge on any atom is 0.126 e. The fraction of sp³-hybridized carbons (Fsp3) is 0.250. The molecule has 2 rings (SSSR count). The van der Waals surface area contributed by atoms with Gasteiger partial charge in [-0.05, 0) is 31.3 Å². The van der Waals surface area contributed by atoms with Gasteiger partial charge in [-0.3, -0.25) is 0 Å². The Hall–Kier alpha value is -1.87. The molecule has 0 fully saturated rings. The van der Waals surface area contributed by atoms with E-state index in [9.17, 15) is 4.39 Å². The minimum atomic E-state index is -0.280. The molecule has 3 heteroatoms. The van der Waals surface area contributed by atoms with Gasteiger partial charge in [-0.1, -0.05) is 36.4 Å². The van der Waals surface area contributed by atoms with Crippen molar-refractivity contribution in [3.8, 4) is 5.75 Å².